The van der Waals surface area contributed by atoms with Gasteiger partial charge in [0.1, 0.15) is 18.2 Å². The summed E-state index contributed by atoms with van der Waals surface area (Å²) in [6.07, 6.45) is 1.95. The predicted molar refractivity (Wildman–Crippen MR) is 156 cm³/mol. The largest absolute Gasteiger partial charge is 0.489 e. The number of rotatable bonds is 5. The number of para-hydroxylation sites is 1. The SMILES string of the molecule is Cc1cc(C)c(C2C(C#N)=C(N)N(c3ccccc3C)C3=C2C(=O)CCC3)cc1COc1ccc(Cl)cc1C. The molecule has 1 heterocycles. The van der Waals surface area contributed by atoms with Gasteiger partial charge in [-0.2, -0.15) is 5.26 Å². The van der Waals surface area contributed by atoms with Crippen LogP contribution in [-0.4, -0.2) is 5.78 Å². The van der Waals surface area contributed by atoms with Gasteiger partial charge in [-0.25, -0.2) is 0 Å². The molecule has 0 fully saturated rings. The van der Waals surface area contributed by atoms with Crippen molar-refractivity contribution in [2.45, 2.75) is 59.5 Å². The zero-order valence-corrected chi connectivity index (χ0v) is 23.5. The first-order chi connectivity index (χ1) is 18.7. The summed E-state index contributed by atoms with van der Waals surface area (Å²) in [4.78, 5) is 15.5. The second-order valence-corrected chi connectivity index (χ2v) is 10.9. The lowest BCUT2D eigenvalue weighted by atomic mass is 9.74. The third-order valence-corrected chi connectivity index (χ3v) is 8.06. The number of hydrogen-bond acceptors (Lipinski definition) is 5. The summed E-state index contributed by atoms with van der Waals surface area (Å²) >= 11 is 6.12. The van der Waals surface area contributed by atoms with Crippen LogP contribution in [0.15, 0.2) is 77.3 Å². The summed E-state index contributed by atoms with van der Waals surface area (Å²) in [5.41, 5.74) is 15.7. The number of allylic oxidation sites excluding steroid dienone is 3. The number of nitrogens with two attached hydrogens (primary N) is 1. The maximum atomic E-state index is 13.6. The normalized spacial score (nSPS) is 17.3. The van der Waals surface area contributed by atoms with Crippen molar-refractivity contribution in [3.63, 3.8) is 0 Å². The lowest BCUT2D eigenvalue weighted by molar-refractivity contribution is -0.116. The molecule has 1 atom stereocenters. The Kier molecular flexibility index (Phi) is 7.25. The van der Waals surface area contributed by atoms with Crippen molar-refractivity contribution in [1.82, 2.24) is 0 Å². The van der Waals surface area contributed by atoms with E-state index in [0.29, 0.717) is 35.0 Å². The van der Waals surface area contributed by atoms with Gasteiger partial charge in [0.25, 0.3) is 0 Å². The molecule has 39 heavy (non-hydrogen) atoms. The van der Waals surface area contributed by atoms with E-state index in [-0.39, 0.29) is 5.78 Å². The zero-order chi connectivity index (χ0) is 27.8. The molecule has 0 amide bonds. The molecule has 0 aromatic heterocycles. The number of nitrogens with zero attached hydrogens (tertiary/aromatic N) is 2. The van der Waals surface area contributed by atoms with Crippen LogP contribution in [0.4, 0.5) is 5.69 Å². The molecule has 0 bridgehead atoms. The minimum Gasteiger partial charge on any atom is -0.489 e. The van der Waals surface area contributed by atoms with Crippen molar-refractivity contribution in [3.8, 4) is 11.8 Å². The van der Waals surface area contributed by atoms with Crippen molar-refractivity contribution in [2.75, 3.05) is 4.90 Å². The summed E-state index contributed by atoms with van der Waals surface area (Å²) in [6.45, 7) is 8.42. The molecule has 3 aromatic carbocycles. The molecule has 1 aliphatic carbocycles. The Hall–Kier alpha value is -4.01. The van der Waals surface area contributed by atoms with Gasteiger partial charge < -0.3 is 10.5 Å². The molecule has 198 valence electrons. The van der Waals surface area contributed by atoms with Crippen molar-refractivity contribution >= 4 is 23.1 Å². The number of aryl methyl sites for hydroxylation is 4. The molecule has 0 spiro atoms. The number of carbonyl (C=O) groups excluding carboxylic acids is 1. The second kappa shape index (κ2) is 10.6. The Labute approximate surface area is 235 Å². The van der Waals surface area contributed by atoms with Gasteiger partial charge in [0.15, 0.2) is 5.78 Å². The Balaban J connectivity index is 1.63. The first kappa shape index (κ1) is 26.6. The molecule has 6 heteroatoms. The van der Waals surface area contributed by atoms with Gasteiger partial charge in [0.05, 0.1) is 23.2 Å². The zero-order valence-electron chi connectivity index (χ0n) is 22.8. The number of ether oxygens (including phenoxy) is 1. The first-order valence-corrected chi connectivity index (χ1v) is 13.6. The third-order valence-electron chi connectivity index (χ3n) is 7.83. The van der Waals surface area contributed by atoms with E-state index >= 15 is 0 Å². The van der Waals surface area contributed by atoms with Crippen molar-refractivity contribution < 1.29 is 9.53 Å². The van der Waals surface area contributed by atoms with Gasteiger partial charge in [0, 0.05) is 22.7 Å². The van der Waals surface area contributed by atoms with E-state index in [1.807, 2.05) is 68.1 Å². The molecule has 0 saturated heterocycles. The molecular formula is C33H32ClN3O2. The van der Waals surface area contributed by atoms with Crippen LogP contribution in [0.1, 0.15) is 58.6 Å². The maximum absolute atomic E-state index is 13.6. The maximum Gasteiger partial charge on any atom is 0.161 e. The number of carbonyl (C=O) groups is 1. The van der Waals surface area contributed by atoms with Crippen LogP contribution in [0, 0.1) is 39.0 Å². The molecule has 2 aliphatic rings. The van der Waals surface area contributed by atoms with E-state index in [2.05, 4.69) is 25.1 Å². The fourth-order valence-electron chi connectivity index (χ4n) is 5.80. The smallest absolute Gasteiger partial charge is 0.161 e. The van der Waals surface area contributed by atoms with E-state index in [1.54, 1.807) is 0 Å². The van der Waals surface area contributed by atoms with Crippen LogP contribution in [-0.2, 0) is 11.4 Å². The molecule has 3 aromatic rings. The third kappa shape index (κ3) is 4.82. The van der Waals surface area contributed by atoms with Crippen LogP contribution >= 0.6 is 11.6 Å². The number of hydrogen-bond donors (Lipinski definition) is 1. The van der Waals surface area contributed by atoms with E-state index < -0.39 is 5.92 Å². The van der Waals surface area contributed by atoms with Crippen LogP contribution in [0.5, 0.6) is 5.75 Å². The Morgan fingerprint density at radius 3 is 2.49 bits per heavy atom. The highest BCUT2D eigenvalue weighted by Gasteiger charge is 2.41. The number of Topliss-reactive ketones (excluding diaryl/α,β-unsaturated/α-hetero) is 1. The van der Waals surface area contributed by atoms with E-state index in [1.165, 1.54) is 0 Å². The van der Waals surface area contributed by atoms with Gasteiger partial charge >= 0.3 is 0 Å². The fraction of sp³-hybridized carbons (Fsp3) is 0.273. The van der Waals surface area contributed by atoms with E-state index in [9.17, 15) is 10.1 Å². The summed E-state index contributed by atoms with van der Waals surface area (Å²) in [5.74, 6) is 0.714. The van der Waals surface area contributed by atoms with Crippen LogP contribution in [0.25, 0.3) is 0 Å². The highest BCUT2D eigenvalue weighted by Crippen LogP contribution is 2.47. The van der Waals surface area contributed by atoms with Crippen LogP contribution in [0.2, 0.25) is 5.02 Å². The highest BCUT2D eigenvalue weighted by atomic mass is 35.5. The monoisotopic (exact) mass is 537 g/mol. The van der Waals surface area contributed by atoms with Crippen molar-refractivity contribution in [3.05, 3.63) is 116 Å². The molecular weight excluding hydrogens is 506 g/mol. The summed E-state index contributed by atoms with van der Waals surface area (Å²) in [6, 6.07) is 20.1. The Morgan fingerprint density at radius 1 is 1.00 bits per heavy atom. The first-order valence-electron chi connectivity index (χ1n) is 13.2. The number of benzene rings is 3. The molecule has 1 aliphatic heterocycles. The van der Waals surface area contributed by atoms with Crippen LogP contribution < -0.4 is 15.4 Å². The van der Waals surface area contributed by atoms with E-state index in [0.717, 1.165) is 63.4 Å². The van der Waals surface area contributed by atoms with Crippen LogP contribution in [0.3, 0.4) is 0 Å². The molecule has 0 radical (unpaired) electrons. The van der Waals surface area contributed by atoms with E-state index in [4.69, 9.17) is 22.1 Å². The number of ketones is 1. The molecule has 5 nitrogen and oxygen atoms in total. The number of nitriles is 1. The number of halogens is 1. The van der Waals surface area contributed by atoms with Crippen molar-refractivity contribution in [1.29, 1.82) is 5.26 Å². The highest BCUT2D eigenvalue weighted by molar-refractivity contribution is 6.30. The molecule has 0 saturated carbocycles. The molecule has 1 unspecified atom stereocenters. The van der Waals surface area contributed by atoms with Gasteiger partial charge in [0.2, 0.25) is 0 Å². The standard InChI is InChI=1S/C33H32ClN3O2/c1-19-8-5-6-9-27(19)37-28-10-7-11-29(38)32(28)31(26(17-35)33(37)36)25-16-23(20(2)14-21(25)3)18-39-30-13-12-24(34)15-22(30)4/h5-6,8-9,12-16,31H,7,10-11,18,36H2,1-4H3. The second-order valence-electron chi connectivity index (χ2n) is 10.4. The fourth-order valence-corrected chi connectivity index (χ4v) is 6.03. The predicted octanol–water partition coefficient (Wildman–Crippen LogP) is 7.46. The minimum absolute atomic E-state index is 0.0784. The average Bonchev–Trinajstić information content (AvgIpc) is 2.89. The average molecular weight is 538 g/mol. The molecule has 2 N–H and O–H groups in total. The quantitative estimate of drug-likeness (QED) is 0.365. The lowest BCUT2D eigenvalue weighted by Gasteiger charge is -2.40. The van der Waals surface area contributed by atoms with Crippen molar-refractivity contribution in [2.24, 2.45) is 5.73 Å². The number of anilines is 1. The van der Waals surface area contributed by atoms with Gasteiger partial charge in [-0.15, -0.1) is 0 Å². The Bertz CT molecular complexity index is 1590. The summed E-state index contributed by atoms with van der Waals surface area (Å²) in [7, 11) is 0. The topological polar surface area (TPSA) is 79.4 Å². The summed E-state index contributed by atoms with van der Waals surface area (Å²) < 4.78 is 6.18. The van der Waals surface area contributed by atoms with Gasteiger partial charge in [-0.05, 0) is 98.2 Å². The van der Waals surface area contributed by atoms with Gasteiger partial charge in [-0.1, -0.05) is 41.9 Å². The van der Waals surface area contributed by atoms with Gasteiger partial charge in [-0.3, -0.25) is 9.69 Å². The summed E-state index contributed by atoms with van der Waals surface area (Å²) in [5, 5.41) is 11.1. The minimum atomic E-state index is -0.519. The Morgan fingerprint density at radius 2 is 1.77 bits per heavy atom. The molecule has 5 rings (SSSR count). The lowest BCUT2D eigenvalue weighted by Crippen LogP contribution is -2.39.